The molecule has 1 aromatic carbocycles. The van der Waals surface area contributed by atoms with Crippen molar-refractivity contribution in [2.45, 2.75) is 88.1 Å². The number of piperazine rings is 1. The third-order valence-electron chi connectivity index (χ3n) is 9.06. The first-order valence-electron chi connectivity index (χ1n) is 14.6. The molecule has 0 amide bonds. The van der Waals surface area contributed by atoms with Gasteiger partial charge < -0.3 is 21.5 Å². The number of aliphatic hydroxyl groups excluding tert-OH is 1. The molecule has 0 spiro atoms. The molecule has 6 unspecified atom stereocenters. The molecule has 12 heteroatoms. The van der Waals surface area contributed by atoms with Crippen LogP contribution in [0.15, 0.2) is 30.6 Å². The SMILES string of the molecule is NC(C(O)Nc1cncc(F)c1CCC1CNC2CCCS(=O)(=O)N1C2)C(c1ccc(Cl)c(F)c1)C1CCCCC1. The Bertz CT molecular complexity index is 1310. The average molecular weight is 612 g/mol. The zero-order valence-corrected chi connectivity index (χ0v) is 24.7. The van der Waals surface area contributed by atoms with Gasteiger partial charge in [-0.2, -0.15) is 4.31 Å². The highest BCUT2D eigenvalue weighted by atomic mass is 35.5. The second-order valence-electron chi connectivity index (χ2n) is 11.7. The maximum absolute atomic E-state index is 15.1. The highest BCUT2D eigenvalue weighted by Gasteiger charge is 2.38. The fourth-order valence-electron chi connectivity index (χ4n) is 6.87. The number of halogens is 3. The number of nitrogens with one attached hydrogen (secondary N) is 2. The van der Waals surface area contributed by atoms with E-state index in [0.29, 0.717) is 42.7 Å². The first-order valence-corrected chi connectivity index (χ1v) is 16.6. The van der Waals surface area contributed by atoms with Crippen LogP contribution < -0.4 is 16.4 Å². The van der Waals surface area contributed by atoms with Crippen LogP contribution in [0.1, 0.15) is 68.4 Å². The molecule has 41 heavy (non-hydrogen) atoms. The number of benzene rings is 1. The van der Waals surface area contributed by atoms with Gasteiger partial charge in [-0.3, -0.25) is 4.98 Å². The summed E-state index contributed by atoms with van der Waals surface area (Å²) in [5, 5.41) is 17.7. The summed E-state index contributed by atoms with van der Waals surface area (Å²) in [7, 11) is -3.37. The van der Waals surface area contributed by atoms with Crippen LogP contribution in [0.3, 0.4) is 0 Å². The maximum atomic E-state index is 15.1. The number of nitrogens with two attached hydrogens (primary N) is 1. The van der Waals surface area contributed by atoms with Gasteiger partial charge in [-0.15, -0.1) is 0 Å². The molecule has 2 saturated heterocycles. The lowest BCUT2D eigenvalue weighted by Gasteiger charge is -2.38. The molecule has 3 heterocycles. The molecule has 1 saturated carbocycles. The molecular formula is C29H40ClF2N5O3S. The average Bonchev–Trinajstić information content (AvgIpc) is 3.07. The van der Waals surface area contributed by atoms with Crippen molar-refractivity contribution in [1.29, 1.82) is 0 Å². The number of pyridine rings is 1. The second kappa shape index (κ2) is 13.2. The molecule has 2 aliphatic heterocycles. The standard InChI is InChI=1S/C29H40ClF2N5O3S/c30-23-11-8-19(13-24(23)31)27(18-5-2-1-3-6-18)28(33)29(38)36-26-16-34-15-25(32)22(26)10-9-21-14-35-20-7-4-12-41(39,40)37(21)17-20/h8,11,13,15-16,18,20-21,27-29,35-36,38H,1-7,9-10,12,14,17,33H2. The normalized spacial score (nSPS) is 27.0. The van der Waals surface area contributed by atoms with Crippen molar-refractivity contribution >= 4 is 27.3 Å². The van der Waals surface area contributed by atoms with Crippen LogP contribution in [-0.4, -0.2) is 66.0 Å². The first kappa shape index (κ1) is 30.6. The van der Waals surface area contributed by atoms with Gasteiger partial charge in [-0.25, -0.2) is 17.2 Å². The van der Waals surface area contributed by atoms with Crippen LogP contribution >= 0.6 is 11.6 Å². The number of nitrogens with zero attached hydrogens (tertiary/aromatic N) is 2. The van der Waals surface area contributed by atoms with Crippen LogP contribution in [0, 0.1) is 17.6 Å². The lowest BCUT2D eigenvalue weighted by molar-refractivity contribution is 0.134. The molecule has 2 bridgehead atoms. The summed E-state index contributed by atoms with van der Waals surface area (Å²) in [5.41, 5.74) is 7.96. The molecule has 5 rings (SSSR count). The number of rotatable bonds is 9. The summed E-state index contributed by atoms with van der Waals surface area (Å²) in [4.78, 5) is 3.98. The van der Waals surface area contributed by atoms with E-state index in [4.69, 9.17) is 17.3 Å². The number of sulfonamides is 1. The largest absolute Gasteiger partial charge is 0.372 e. The summed E-state index contributed by atoms with van der Waals surface area (Å²) >= 11 is 5.94. The number of anilines is 1. The fourth-order valence-corrected chi connectivity index (χ4v) is 8.79. The van der Waals surface area contributed by atoms with E-state index in [-0.39, 0.29) is 41.1 Å². The van der Waals surface area contributed by atoms with Crippen LogP contribution in [0.4, 0.5) is 14.5 Å². The van der Waals surface area contributed by atoms with Crippen molar-refractivity contribution in [3.8, 4) is 0 Å². The Morgan fingerprint density at radius 2 is 1.93 bits per heavy atom. The third-order valence-corrected chi connectivity index (χ3v) is 11.3. The summed E-state index contributed by atoms with van der Waals surface area (Å²) in [5.74, 6) is -1.14. The molecule has 226 valence electrons. The van der Waals surface area contributed by atoms with Crippen molar-refractivity contribution < 1.29 is 22.3 Å². The Hall–Kier alpha value is -1.89. The van der Waals surface area contributed by atoms with E-state index in [1.165, 1.54) is 18.3 Å². The van der Waals surface area contributed by atoms with Gasteiger partial charge in [-0.1, -0.05) is 36.9 Å². The summed E-state index contributed by atoms with van der Waals surface area (Å²) in [6.45, 7) is 0.936. The third kappa shape index (κ3) is 7.02. The van der Waals surface area contributed by atoms with Crippen LogP contribution in [0.25, 0.3) is 0 Å². The number of hydrogen-bond acceptors (Lipinski definition) is 7. The number of hydrogen-bond donors (Lipinski definition) is 4. The summed E-state index contributed by atoms with van der Waals surface area (Å²) < 4.78 is 56.9. The highest BCUT2D eigenvalue weighted by molar-refractivity contribution is 7.89. The summed E-state index contributed by atoms with van der Waals surface area (Å²) in [6.07, 6.45) is 8.42. The zero-order chi connectivity index (χ0) is 29.1. The predicted molar refractivity (Wildman–Crippen MR) is 156 cm³/mol. The molecule has 1 aliphatic carbocycles. The zero-order valence-electron chi connectivity index (χ0n) is 23.1. The molecule has 3 aliphatic rings. The van der Waals surface area contributed by atoms with Crippen molar-refractivity contribution in [2.75, 3.05) is 24.2 Å². The number of aliphatic hydroxyl groups is 1. The summed E-state index contributed by atoms with van der Waals surface area (Å²) in [6, 6.07) is 3.68. The Morgan fingerprint density at radius 1 is 1.15 bits per heavy atom. The van der Waals surface area contributed by atoms with E-state index in [1.807, 2.05) is 0 Å². The Kier molecular flexibility index (Phi) is 9.82. The van der Waals surface area contributed by atoms with Crippen molar-refractivity contribution in [3.63, 3.8) is 0 Å². The second-order valence-corrected chi connectivity index (χ2v) is 14.2. The quantitative estimate of drug-likeness (QED) is 0.315. The van der Waals surface area contributed by atoms with E-state index >= 15 is 4.39 Å². The topological polar surface area (TPSA) is 121 Å². The minimum Gasteiger partial charge on any atom is -0.372 e. The Morgan fingerprint density at radius 3 is 2.68 bits per heavy atom. The molecule has 1 aromatic heterocycles. The van der Waals surface area contributed by atoms with Crippen molar-refractivity contribution in [1.82, 2.24) is 14.6 Å². The van der Waals surface area contributed by atoms with Gasteiger partial charge in [0.05, 0.1) is 34.9 Å². The molecule has 0 radical (unpaired) electrons. The molecule has 6 atom stereocenters. The van der Waals surface area contributed by atoms with Gasteiger partial charge in [-0.05, 0) is 62.1 Å². The lowest BCUT2D eigenvalue weighted by atomic mass is 9.73. The minimum absolute atomic E-state index is 0.0236. The monoisotopic (exact) mass is 611 g/mol. The lowest BCUT2D eigenvalue weighted by Crippen LogP contribution is -2.57. The van der Waals surface area contributed by atoms with Crippen LogP contribution in [0.5, 0.6) is 0 Å². The molecule has 8 nitrogen and oxygen atoms in total. The number of fused-ring (bicyclic) bond motifs is 2. The van der Waals surface area contributed by atoms with Gasteiger partial charge in [0, 0.05) is 36.7 Å². The maximum Gasteiger partial charge on any atom is 0.214 e. The Labute approximate surface area is 246 Å². The fraction of sp³-hybridized carbons (Fsp3) is 0.621. The van der Waals surface area contributed by atoms with Crippen LogP contribution in [-0.2, 0) is 16.4 Å². The van der Waals surface area contributed by atoms with Gasteiger partial charge in [0.15, 0.2) is 0 Å². The van der Waals surface area contributed by atoms with E-state index in [0.717, 1.165) is 44.7 Å². The van der Waals surface area contributed by atoms with Gasteiger partial charge in [0.1, 0.15) is 17.9 Å². The molecule has 5 N–H and O–H groups in total. The van der Waals surface area contributed by atoms with E-state index in [9.17, 15) is 17.9 Å². The number of aromatic nitrogens is 1. The van der Waals surface area contributed by atoms with Gasteiger partial charge >= 0.3 is 0 Å². The Balaban J connectivity index is 1.33. The van der Waals surface area contributed by atoms with Crippen molar-refractivity contribution in [3.05, 3.63) is 58.4 Å². The minimum atomic E-state index is -3.37. The van der Waals surface area contributed by atoms with E-state index in [2.05, 4.69) is 15.6 Å². The van der Waals surface area contributed by atoms with E-state index < -0.39 is 33.9 Å². The first-order chi connectivity index (χ1) is 19.6. The smallest absolute Gasteiger partial charge is 0.214 e. The molecule has 2 aromatic rings. The predicted octanol–water partition coefficient (Wildman–Crippen LogP) is 4.13. The van der Waals surface area contributed by atoms with Gasteiger partial charge in [0.25, 0.3) is 0 Å². The molecular weight excluding hydrogens is 572 g/mol. The van der Waals surface area contributed by atoms with Crippen LogP contribution in [0.2, 0.25) is 5.02 Å². The van der Waals surface area contributed by atoms with E-state index in [1.54, 1.807) is 10.4 Å². The molecule has 3 fully saturated rings. The highest BCUT2D eigenvalue weighted by Crippen LogP contribution is 2.39. The van der Waals surface area contributed by atoms with Gasteiger partial charge in [0.2, 0.25) is 10.0 Å². The van der Waals surface area contributed by atoms with Crippen molar-refractivity contribution in [2.24, 2.45) is 11.7 Å².